The minimum absolute atomic E-state index is 0.550. The van der Waals surface area contributed by atoms with Crippen molar-refractivity contribution in [3.05, 3.63) is 200 Å². The van der Waals surface area contributed by atoms with Crippen molar-refractivity contribution < 1.29 is 0 Å². The number of aromatic nitrogens is 7. The highest BCUT2D eigenvalue weighted by Gasteiger charge is 2.23. The highest BCUT2D eigenvalue weighted by atomic mass is 15.2. The number of benzene rings is 8. The Morgan fingerprint density at radius 1 is 0.344 bits per heavy atom. The molecule has 0 atom stereocenters. The van der Waals surface area contributed by atoms with Crippen LogP contribution in [0.25, 0.3) is 117 Å². The summed E-state index contributed by atoms with van der Waals surface area (Å²) in [6, 6.07) is 68.3. The number of pyridine rings is 1. The van der Waals surface area contributed by atoms with Gasteiger partial charge in [0.05, 0.1) is 33.1 Å². The van der Waals surface area contributed by atoms with E-state index < -0.39 is 0 Å². The molecular formula is C54H33N7. The molecule has 8 aromatic carbocycles. The third kappa shape index (κ3) is 5.11. The van der Waals surface area contributed by atoms with Gasteiger partial charge in [0.15, 0.2) is 11.6 Å². The molecule has 5 heterocycles. The zero-order valence-electron chi connectivity index (χ0n) is 32.7. The normalized spacial score (nSPS) is 11.9. The zero-order chi connectivity index (χ0) is 40.0. The minimum Gasteiger partial charge on any atom is -0.309 e. The highest BCUT2D eigenvalue weighted by molar-refractivity contribution is 6.24. The van der Waals surface area contributed by atoms with Crippen molar-refractivity contribution in [2.24, 2.45) is 0 Å². The molecule has 284 valence electrons. The fourth-order valence-corrected chi connectivity index (χ4v) is 9.37. The van der Waals surface area contributed by atoms with Crippen LogP contribution in [0, 0.1) is 0 Å². The third-order valence-electron chi connectivity index (χ3n) is 12.1. The van der Waals surface area contributed by atoms with E-state index in [2.05, 4.69) is 165 Å². The van der Waals surface area contributed by atoms with Gasteiger partial charge < -0.3 is 4.57 Å². The Balaban J connectivity index is 1.14. The van der Waals surface area contributed by atoms with Crippen LogP contribution >= 0.6 is 0 Å². The molecule has 61 heavy (non-hydrogen) atoms. The summed E-state index contributed by atoms with van der Waals surface area (Å²) in [5, 5.41) is 6.84. The van der Waals surface area contributed by atoms with Crippen LogP contribution in [-0.4, -0.2) is 33.5 Å². The van der Waals surface area contributed by atoms with Crippen molar-refractivity contribution in [2.75, 3.05) is 0 Å². The maximum Gasteiger partial charge on any atom is 0.238 e. The van der Waals surface area contributed by atoms with Crippen molar-refractivity contribution in [1.29, 1.82) is 0 Å². The van der Waals surface area contributed by atoms with Gasteiger partial charge in [0.2, 0.25) is 5.95 Å². The van der Waals surface area contributed by atoms with Crippen LogP contribution in [0.3, 0.4) is 0 Å². The van der Waals surface area contributed by atoms with Gasteiger partial charge in [0.25, 0.3) is 0 Å². The van der Waals surface area contributed by atoms with Gasteiger partial charge in [0.1, 0.15) is 5.65 Å². The van der Waals surface area contributed by atoms with E-state index in [1.165, 1.54) is 21.8 Å². The van der Waals surface area contributed by atoms with Gasteiger partial charge in [-0.25, -0.2) is 9.97 Å². The molecule has 13 rings (SSSR count). The van der Waals surface area contributed by atoms with Crippen LogP contribution in [0.4, 0.5) is 0 Å². The lowest BCUT2D eigenvalue weighted by Gasteiger charge is -2.14. The van der Waals surface area contributed by atoms with E-state index in [4.69, 9.17) is 19.9 Å². The second-order valence-electron chi connectivity index (χ2n) is 15.5. The molecule has 0 saturated carbocycles. The molecule has 7 nitrogen and oxygen atoms in total. The fourth-order valence-electron chi connectivity index (χ4n) is 9.37. The molecule has 7 heteroatoms. The summed E-state index contributed by atoms with van der Waals surface area (Å²) in [5.41, 5.74) is 12.5. The summed E-state index contributed by atoms with van der Waals surface area (Å²) in [7, 11) is 0. The Morgan fingerprint density at radius 3 is 1.72 bits per heavy atom. The van der Waals surface area contributed by atoms with Crippen molar-refractivity contribution in [3.8, 4) is 45.5 Å². The van der Waals surface area contributed by atoms with Gasteiger partial charge in [-0.05, 0) is 77.2 Å². The number of fused-ring (bicyclic) bond motifs is 11. The van der Waals surface area contributed by atoms with Crippen molar-refractivity contribution in [2.45, 2.75) is 0 Å². The molecular weight excluding hydrogens is 747 g/mol. The molecule has 13 aromatic rings. The van der Waals surface area contributed by atoms with E-state index in [1.54, 1.807) is 0 Å². The van der Waals surface area contributed by atoms with Gasteiger partial charge in [-0.2, -0.15) is 9.97 Å². The quantitative estimate of drug-likeness (QED) is 0.174. The van der Waals surface area contributed by atoms with E-state index in [9.17, 15) is 0 Å². The Labute approximate surface area is 349 Å². The summed E-state index contributed by atoms with van der Waals surface area (Å²) in [6.45, 7) is 0. The molecule has 0 aliphatic rings. The molecule has 0 saturated heterocycles. The maximum atomic E-state index is 5.30. The van der Waals surface area contributed by atoms with Gasteiger partial charge >= 0.3 is 0 Å². The number of imidazole rings is 1. The lowest BCUT2D eigenvalue weighted by Crippen LogP contribution is -2.06. The second-order valence-corrected chi connectivity index (χ2v) is 15.5. The minimum atomic E-state index is 0.550. The van der Waals surface area contributed by atoms with E-state index >= 15 is 0 Å². The largest absolute Gasteiger partial charge is 0.309 e. The Morgan fingerprint density at radius 2 is 0.967 bits per heavy atom. The van der Waals surface area contributed by atoms with Crippen LogP contribution in [0.5, 0.6) is 0 Å². The molecule has 0 spiro atoms. The van der Waals surface area contributed by atoms with E-state index in [-0.39, 0.29) is 0 Å². The maximum absolute atomic E-state index is 5.30. The molecule has 0 fully saturated rings. The smallest absolute Gasteiger partial charge is 0.238 e. The summed E-state index contributed by atoms with van der Waals surface area (Å²) < 4.78 is 6.76. The monoisotopic (exact) mass is 779 g/mol. The van der Waals surface area contributed by atoms with E-state index in [0.717, 1.165) is 77.2 Å². The topological polar surface area (TPSA) is 65.8 Å². The van der Waals surface area contributed by atoms with Gasteiger partial charge in [-0.3, -0.25) is 8.97 Å². The Kier molecular flexibility index (Phi) is 7.17. The standard InChI is InChI=1S/C54H33N7/c1-4-16-34(17-5-1)52-56-53(35-18-6-2-7-19-35)58-54(57-52)61-48-33-49-45(55-50-26-14-15-29-59(49)50)32-43(48)44-31-41(38-22-10-11-24-40(38)51(44)61)36-27-28-47-42(30-36)39-23-12-13-25-46(39)60(47)37-20-8-3-9-21-37/h1-33H. The first kappa shape index (κ1) is 33.5. The van der Waals surface area contributed by atoms with Crippen molar-refractivity contribution in [1.82, 2.24) is 33.5 Å². The summed E-state index contributed by atoms with van der Waals surface area (Å²) in [6.07, 6.45) is 2.08. The molecule has 0 amide bonds. The summed E-state index contributed by atoms with van der Waals surface area (Å²) >= 11 is 0. The van der Waals surface area contributed by atoms with E-state index in [1.807, 2.05) is 48.5 Å². The van der Waals surface area contributed by atoms with Crippen molar-refractivity contribution in [3.63, 3.8) is 0 Å². The van der Waals surface area contributed by atoms with Crippen LogP contribution in [-0.2, 0) is 0 Å². The number of hydrogen-bond donors (Lipinski definition) is 0. The SMILES string of the molecule is c1ccc(-c2nc(-c3ccccc3)nc(-n3c4cc5c(cc4c4cc(-c6ccc7c(c6)c6ccccc6n7-c6ccccc6)c6ccccc6c43)nc3ccccn35)n2)cc1. The lowest BCUT2D eigenvalue weighted by atomic mass is 9.94. The molecule has 0 aliphatic heterocycles. The van der Waals surface area contributed by atoms with E-state index in [0.29, 0.717) is 17.6 Å². The second kappa shape index (κ2) is 13.0. The summed E-state index contributed by atoms with van der Waals surface area (Å²) in [5.74, 6) is 1.77. The van der Waals surface area contributed by atoms with Crippen LogP contribution in [0.1, 0.15) is 0 Å². The molecule has 0 N–H and O–H groups in total. The number of para-hydroxylation sites is 2. The summed E-state index contributed by atoms with van der Waals surface area (Å²) in [4.78, 5) is 20.8. The zero-order valence-corrected chi connectivity index (χ0v) is 32.7. The molecule has 0 radical (unpaired) electrons. The van der Waals surface area contributed by atoms with Crippen LogP contribution in [0.2, 0.25) is 0 Å². The Hall–Kier alpha value is -8.42. The first-order valence-electron chi connectivity index (χ1n) is 20.5. The van der Waals surface area contributed by atoms with Crippen LogP contribution in [0.15, 0.2) is 200 Å². The molecule has 5 aromatic heterocycles. The van der Waals surface area contributed by atoms with Crippen LogP contribution < -0.4 is 0 Å². The number of rotatable bonds is 5. The number of nitrogens with zero attached hydrogens (tertiary/aromatic N) is 7. The van der Waals surface area contributed by atoms with Crippen molar-refractivity contribution >= 4 is 71.1 Å². The Bertz CT molecular complexity index is 3810. The fraction of sp³-hybridized carbons (Fsp3) is 0. The van der Waals surface area contributed by atoms with Gasteiger partial charge in [-0.15, -0.1) is 0 Å². The predicted molar refractivity (Wildman–Crippen MR) is 249 cm³/mol. The molecule has 0 unspecified atom stereocenters. The average Bonchev–Trinajstić information content (AvgIpc) is 3.98. The number of hydrogen-bond acceptors (Lipinski definition) is 4. The highest BCUT2D eigenvalue weighted by Crippen LogP contribution is 2.44. The molecule has 0 bridgehead atoms. The molecule has 0 aliphatic carbocycles. The predicted octanol–water partition coefficient (Wildman–Crippen LogP) is 13.0. The van der Waals surface area contributed by atoms with Gasteiger partial charge in [0, 0.05) is 49.9 Å². The third-order valence-corrected chi connectivity index (χ3v) is 12.1. The lowest BCUT2D eigenvalue weighted by molar-refractivity contribution is 0.955. The first-order valence-corrected chi connectivity index (χ1v) is 20.5. The first-order chi connectivity index (χ1) is 30.2. The van der Waals surface area contributed by atoms with Gasteiger partial charge in [-0.1, -0.05) is 133 Å². The average molecular weight is 780 g/mol.